The predicted molar refractivity (Wildman–Crippen MR) is 47.0 cm³/mol. The fraction of sp³-hybridized carbons (Fsp3) is 0.300. The summed E-state index contributed by atoms with van der Waals surface area (Å²) in [4.78, 5) is 10.5. The van der Waals surface area contributed by atoms with Gasteiger partial charge in [0.05, 0.1) is 0 Å². The fourth-order valence-corrected chi connectivity index (χ4v) is 0.808. The number of rotatable bonds is 2. The first kappa shape index (κ1) is 9.71. The summed E-state index contributed by atoms with van der Waals surface area (Å²) < 4.78 is 0. The summed E-state index contributed by atoms with van der Waals surface area (Å²) in [5, 5.41) is 0. The second-order valence-electron chi connectivity index (χ2n) is 2.53. The van der Waals surface area contributed by atoms with Crippen molar-refractivity contribution in [3.63, 3.8) is 0 Å². The molecule has 0 radical (unpaired) electrons. The monoisotopic (exact) mass is 148 g/mol. The van der Waals surface area contributed by atoms with E-state index in [1.165, 1.54) is 0 Å². The van der Waals surface area contributed by atoms with Crippen LogP contribution in [0.4, 0.5) is 0 Å². The molecule has 0 fully saturated rings. The van der Waals surface area contributed by atoms with Gasteiger partial charge in [-0.1, -0.05) is 11.5 Å². The molecule has 0 atom stereocenters. The van der Waals surface area contributed by atoms with Crippen LogP contribution in [0, 0.1) is 12.3 Å². The summed E-state index contributed by atoms with van der Waals surface area (Å²) in [6.45, 7) is 5.60. The van der Waals surface area contributed by atoms with E-state index < -0.39 is 0 Å². The van der Waals surface area contributed by atoms with E-state index in [0.717, 1.165) is 17.4 Å². The van der Waals surface area contributed by atoms with Gasteiger partial charge in [-0.2, -0.15) is 0 Å². The van der Waals surface area contributed by atoms with Gasteiger partial charge in [0.15, 0.2) is 0 Å². The zero-order valence-electron chi connectivity index (χ0n) is 7.14. The second-order valence-corrected chi connectivity index (χ2v) is 2.53. The SMILES string of the molecule is C#C/C=C(/C)C(C=O)=C(C)C. The smallest absolute Gasteiger partial charge is 0.150 e. The highest BCUT2D eigenvalue weighted by atomic mass is 16.1. The molecular formula is C10H12O. The third-order valence-electron chi connectivity index (χ3n) is 1.38. The Hall–Kier alpha value is -1.29. The molecule has 0 saturated heterocycles. The van der Waals surface area contributed by atoms with Crippen LogP contribution in [0.25, 0.3) is 0 Å². The van der Waals surface area contributed by atoms with E-state index in [0.29, 0.717) is 5.57 Å². The van der Waals surface area contributed by atoms with E-state index in [-0.39, 0.29) is 0 Å². The van der Waals surface area contributed by atoms with Gasteiger partial charge in [-0.3, -0.25) is 4.79 Å². The lowest BCUT2D eigenvalue weighted by Crippen LogP contribution is -1.89. The lowest BCUT2D eigenvalue weighted by atomic mass is 10.0. The van der Waals surface area contributed by atoms with Gasteiger partial charge < -0.3 is 0 Å². The molecule has 1 nitrogen and oxygen atoms in total. The van der Waals surface area contributed by atoms with Crippen LogP contribution in [0.1, 0.15) is 20.8 Å². The molecule has 11 heavy (non-hydrogen) atoms. The van der Waals surface area contributed by atoms with Crippen LogP contribution in [0.5, 0.6) is 0 Å². The molecule has 58 valence electrons. The highest BCUT2D eigenvalue weighted by molar-refractivity contribution is 5.81. The van der Waals surface area contributed by atoms with E-state index in [1.54, 1.807) is 6.08 Å². The first-order chi connectivity index (χ1) is 5.13. The van der Waals surface area contributed by atoms with Crippen LogP contribution < -0.4 is 0 Å². The second kappa shape index (κ2) is 4.51. The zero-order valence-corrected chi connectivity index (χ0v) is 7.14. The van der Waals surface area contributed by atoms with E-state index in [9.17, 15) is 4.79 Å². The van der Waals surface area contributed by atoms with Gasteiger partial charge in [-0.25, -0.2) is 0 Å². The number of aldehydes is 1. The molecule has 0 N–H and O–H groups in total. The van der Waals surface area contributed by atoms with E-state index in [1.807, 2.05) is 20.8 Å². The Morgan fingerprint density at radius 3 is 2.18 bits per heavy atom. The third-order valence-corrected chi connectivity index (χ3v) is 1.38. The first-order valence-electron chi connectivity index (χ1n) is 3.39. The molecule has 0 saturated carbocycles. The normalized spacial score (nSPS) is 10.2. The third kappa shape index (κ3) is 2.86. The number of carbonyl (C=O) groups is 1. The lowest BCUT2D eigenvalue weighted by Gasteiger charge is -1.99. The Morgan fingerprint density at radius 1 is 1.36 bits per heavy atom. The predicted octanol–water partition coefficient (Wildman–Crippen LogP) is 2.10. The van der Waals surface area contributed by atoms with Gasteiger partial charge in [0, 0.05) is 5.57 Å². The first-order valence-corrected chi connectivity index (χ1v) is 3.39. The number of hydrogen-bond acceptors (Lipinski definition) is 1. The minimum absolute atomic E-state index is 0.697. The molecule has 0 aromatic carbocycles. The maximum absolute atomic E-state index is 10.5. The summed E-state index contributed by atoms with van der Waals surface area (Å²) in [6.07, 6.45) is 7.48. The van der Waals surface area contributed by atoms with Crippen LogP contribution in [-0.4, -0.2) is 6.29 Å². The van der Waals surface area contributed by atoms with Crippen LogP contribution in [0.3, 0.4) is 0 Å². The van der Waals surface area contributed by atoms with Crippen molar-refractivity contribution >= 4 is 6.29 Å². The van der Waals surface area contributed by atoms with Crippen LogP contribution in [-0.2, 0) is 4.79 Å². The Bertz CT molecular complexity index is 245. The van der Waals surface area contributed by atoms with E-state index >= 15 is 0 Å². The number of hydrogen-bond donors (Lipinski definition) is 0. The minimum Gasteiger partial charge on any atom is -0.298 e. The maximum atomic E-state index is 10.5. The highest BCUT2D eigenvalue weighted by Gasteiger charge is 1.98. The molecule has 0 rings (SSSR count). The van der Waals surface area contributed by atoms with E-state index in [2.05, 4.69) is 5.92 Å². The van der Waals surface area contributed by atoms with Gasteiger partial charge >= 0.3 is 0 Å². The minimum atomic E-state index is 0.697. The molecule has 0 spiro atoms. The molecule has 1 heteroatoms. The van der Waals surface area contributed by atoms with Gasteiger partial charge in [-0.15, -0.1) is 6.42 Å². The van der Waals surface area contributed by atoms with Crippen LogP contribution >= 0.6 is 0 Å². The van der Waals surface area contributed by atoms with Crippen LogP contribution in [0.2, 0.25) is 0 Å². The average molecular weight is 148 g/mol. The van der Waals surface area contributed by atoms with Crippen molar-refractivity contribution in [1.29, 1.82) is 0 Å². The Kier molecular flexibility index (Phi) is 3.98. The van der Waals surface area contributed by atoms with E-state index in [4.69, 9.17) is 6.42 Å². The lowest BCUT2D eigenvalue weighted by molar-refractivity contribution is -0.104. The Balaban J connectivity index is 4.86. The summed E-state index contributed by atoms with van der Waals surface area (Å²) in [5.41, 5.74) is 2.54. The summed E-state index contributed by atoms with van der Waals surface area (Å²) in [7, 11) is 0. The average Bonchev–Trinajstić information content (AvgIpc) is 1.88. The molecule has 0 aliphatic carbocycles. The zero-order chi connectivity index (χ0) is 8.85. The molecule has 0 aliphatic rings. The topological polar surface area (TPSA) is 17.1 Å². The van der Waals surface area contributed by atoms with Crippen molar-refractivity contribution in [2.24, 2.45) is 0 Å². The van der Waals surface area contributed by atoms with Gasteiger partial charge in [0.25, 0.3) is 0 Å². The van der Waals surface area contributed by atoms with Gasteiger partial charge in [-0.05, 0) is 32.4 Å². The largest absolute Gasteiger partial charge is 0.298 e. The molecule has 0 unspecified atom stereocenters. The van der Waals surface area contributed by atoms with Crippen molar-refractivity contribution in [2.45, 2.75) is 20.8 Å². The summed E-state index contributed by atoms with van der Waals surface area (Å²) in [6, 6.07) is 0. The standard InChI is InChI=1S/C10H12O/c1-5-6-9(4)10(7-11)8(2)3/h1,6-7H,2-4H3/b9-6-. The van der Waals surface area contributed by atoms with Crippen molar-refractivity contribution in [1.82, 2.24) is 0 Å². The number of carbonyl (C=O) groups excluding carboxylic acids is 1. The Labute approximate surface area is 67.8 Å². The number of terminal acetylenes is 1. The molecule has 0 bridgehead atoms. The van der Waals surface area contributed by atoms with Gasteiger partial charge in [0.2, 0.25) is 0 Å². The molecular weight excluding hydrogens is 136 g/mol. The Morgan fingerprint density at radius 2 is 1.91 bits per heavy atom. The highest BCUT2D eigenvalue weighted by Crippen LogP contribution is 2.10. The van der Waals surface area contributed by atoms with Gasteiger partial charge in [0.1, 0.15) is 6.29 Å². The molecule has 0 aromatic heterocycles. The van der Waals surface area contributed by atoms with Crippen molar-refractivity contribution < 1.29 is 4.79 Å². The van der Waals surface area contributed by atoms with Crippen LogP contribution in [0.15, 0.2) is 22.8 Å². The maximum Gasteiger partial charge on any atom is 0.150 e. The van der Waals surface area contributed by atoms with Crippen molar-refractivity contribution in [2.75, 3.05) is 0 Å². The van der Waals surface area contributed by atoms with Crippen molar-refractivity contribution in [3.05, 3.63) is 22.8 Å². The molecule has 0 aromatic rings. The fourth-order valence-electron chi connectivity index (χ4n) is 0.808. The quantitative estimate of drug-likeness (QED) is 0.254. The molecule has 0 amide bonds. The molecule has 0 aliphatic heterocycles. The summed E-state index contributed by atoms with van der Waals surface area (Å²) >= 11 is 0. The molecule has 0 heterocycles. The van der Waals surface area contributed by atoms with Crippen molar-refractivity contribution in [3.8, 4) is 12.3 Å². The summed E-state index contributed by atoms with van der Waals surface area (Å²) in [5.74, 6) is 2.38. The number of allylic oxidation sites excluding steroid dienone is 4.